The van der Waals surface area contributed by atoms with Crippen molar-refractivity contribution in [1.29, 1.82) is 0 Å². The predicted molar refractivity (Wildman–Crippen MR) is 50.8 cm³/mol. The van der Waals surface area contributed by atoms with Crippen LogP contribution >= 0.6 is 0 Å². The van der Waals surface area contributed by atoms with Crippen molar-refractivity contribution in [3.05, 3.63) is 24.2 Å². The highest BCUT2D eigenvalue weighted by Gasteiger charge is 2.50. The van der Waals surface area contributed by atoms with E-state index in [9.17, 15) is 4.79 Å². The summed E-state index contributed by atoms with van der Waals surface area (Å²) >= 11 is 0. The van der Waals surface area contributed by atoms with Crippen LogP contribution in [-0.2, 0) is 9.53 Å². The Bertz CT molecular complexity index is 332. The number of furan rings is 1. The molecular weight excluding hydrogens is 180 g/mol. The lowest BCUT2D eigenvalue weighted by atomic mass is 9.88. The molecule has 0 aromatic carbocycles. The second kappa shape index (κ2) is 2.95. The zero-order valence-corrected chi connectivity index (χ0v) is 8.61. The minimum atomic E-state index is -0.341. The van der Waals surface area contributed by atoms with Crippen LogP contribution in [-0.4, -0.2) is 11.9 Å². The first-order valence-corrected chi connectivity index (χ1v) is 4.73. The van der Waals surface area contributed by atoms with Gasteiger partial charge in [-0.25, -0.2) is 0 Å². The lowest BCUT2D eigenvalue weighted by molar-refractivity contribution is -0.127. The van der Waals surface area contributed by atoms with E-state index in [1.54, 1.807) is 12.3 Å². The number of hydrogen-bond acceptors (Lipinski definition) is 3. The van der Waals surface area contributed by atoms with E-state index in [4.69, 9.17) is 9.15 Å². The lowest BCUT2D eigenvalue weighted by Crippen LogP contribution is -2.25. The number of carbonyl (C=O) groups is 1. The predicted octanol–water partition coefficient (Wildman–Crippen LogP) is 2.33. The molecule has 0 N–H and O–H groups in total. The second-order valence-electron chi connectivity index (χ2n) is 4.61. The molecule has 76 valence electrons. The number of hydrogen-bond donors (Lipinski definition) is 0. The zero-order valence-electron chi connectivity index (χ0n) is 8.61. The van der Waals surface area contributed by atoms with Gasteiger partial charge in [0.25, 0.3) is 0 Å². The zero-order chi connectivity index (χ0) is 10.3. The van der Waals surface area contributed by atoms with Gasteiger partial charge in [-0.1, -0.05) is 20.8 Å². The maximum Gasteiger partial charge on any atom is 0.170 e. The molecule has 1 saturated heterocycles. The Morgan fingerprint density at radius 3 is 2.64 bits per heavy atom. The van der Waals surface area contributed by atoms with Crippen molar-refractivity contribution in [2.75, 3.05) is 0 Å². The van der Waals surface area contributed by atoms with Crippen molar-refractivity contribution in [2.24, 2.45) is 5.41 Å². The van der Waals surface area contributed by atoms with E-state index in [2.05, 4.69) is 0 Å². The highest BCUT2D eigenvalue weighted by Crippen LogP contribution is 2.42. The summed E-state index contributed by atoms with van der Waals surface area (Å²) in [5, 5.41) is 0. The van der Waals surface area contributed by atoms with E-state index in [1.807, 2.05) is 26.8 Å². The molecule has 0 amide bonds. The average Bonchev–Trinajstić information content (AvgIpc) is 2.69. The van der Waals surface area contributed by atoms with Gasteiger partial charge in [0.05, 0.1) is 6.26 Å². The summed E-state index contributed by atoms with van der Waals surface area (Å²) in [6.45, 7) is 5.70. The van der Waals surface area contributed by atoms with Gasteiger partial charge in [-0.3, -0.25) is 4.79 Å². The van der Waals surface area contributed by atoms with Crippen molar-refractivity contribution in [3.8, 4) is 0 Å². The van der Waals surface area contributed by atoms with Gasteiger partial charge in [-0.2, -0.15) is 0 Å². The summed E-state index contributed by atoms with van der Waals surface area (Å²) in [7, 11) is 0. The van der Waals surface area contributed by atoms with Crippen LogP contribution < -0.4 is 0 Å². The molecule has 1 aliphatic rings. The molecule has 2 rings (SSSR count). The van der Waals surface area contributed by atoms with Gasteiger partial charge in [0.2, 0.25) is 0 Å². The van der Waals surface area contributed by atoms with Gasteiger partial charge < -0.3 is 9.15 Å². The van der Waals surface area contributed by atoms with Crippen LogP contribution in [0.5, 0.6) is 0 Å². The lowest BCUT2D eigenvalue weighted by Gasteiger charge is -2.14. The fourth-order valence-electron chi connectivity index (χ4n) is 1.41. The summed E-state index contributed by atoms with van der Waals surface area (Å²) in [6.07, 6.45) is 1.13. The molecule has 0 radical (unpaired) electrons. The Kier molecular flexibility index (Phi) is 2.00. The molecule has 0 spiro atoms. The van der Waals surface area contributed by atoms with Crippen molar-refractivity contribution in [1.82, 2.24) is 0 Å². The summed E-state index contributed by atoms with van der Waals surface area (Å²) < 4.78 is 10.5. The third-order valence-corrected chi connectivity index (χ3v) is 2.31. The Labute approximate surface area is 83.0 Å². The summed E-state index contributed by atoms with van der Waals surface area (Å²) in [4.78, 5) is 11.8. The molecule has 0 saturated carbocycles. The van der Waals surface area contributed by atoms with Crippen LogP contribution in [0.25, 0.3) is 0 Å². The first-order chi connectivity index (χ1) is 6.50. The average molecular weight is 194 g/mol. The van der Waals surface area contributed by atoms with E-state index in [0.717, 1.165) is 5.76 Å². The van der Waals surface area contributed by atoms with Gasteiger partial charge in [-0.15, -0.1) is 0 Å². The molecule has 3 nitrogen and oxygen atoms in total. The first kappa shape index (κ1) is 9.46. The number of ketones is 1. The summed E-state index contributed by atoms with van der Waals surface area (Å²) in [6, 6.07) is 3.64. The fraction of sp³-hybridized carbons (Fsp3) is 0.545. The number of epoxide rings is 1. The van der Waals surface area contributed by atoms with Gasteiger partial charge in [0.15, 0.2) is 11.9 Å². The molecule has 0 unspecified atom stereocenters. The number of rotatable bonds is 2. The number of carbonyl (C=O) groups excluding carboxylic acids is 1. The largest absolute Gasteiger partial charge is 0.466 e. The van der Waals surface area contributed by atoms with Crippen LogP contribution in [0, 0.1) is 5.41 Å². The molecule has 3 heteroatoms. The van der Waals surface area contributed by atoms with Gasteiger partial charge in [0.1, 0.15) is 11.9 Å². The maximum absolute atomic E-state index is 11.8. The Morgan fingerprint density at radius 2 is 2.14 bits per heavy atom. The molecule has 1 fully saturated rings. The first-order valence-electron chi connectivity index (χ1n) is 4.73. The van der Waals surface area contributed by atoms with Crippen molar-refractivity contribution < 1.29 is 13.9 Å². The summed E-state index contributed by atoms with van der Waals surface area (Å²) in [5.74, 6) is 0.881. The van der Waals surface area contributed by atoms with E-state index < -0.39 is 0 Å². The quantitative estimate of drug-likeness (QED) is 0.678. The van der Waals surface area contributed by atoms with Crippen LogP contribution in [0.15, 0.2) is 22.8 Å². The standard InChI is InChI=1S/C11H14O3/c1-11(2,3)10(12)9-8(14-9)7-5-4-6-13-7/h4-6,8-9H,1-3H3/t8-,9-/m1/s1. The van der Waals surface area contributed by atoms with E-state index in [1.165, 1.54) is 0 Å². The Balaban J connectivity index is 2.04. The third kappa shape index (κ3) is 1.60. The minimum Gasteiger partial charge on any atom is -0.466 e. The van der Waals surface area contributed by atoms with Gasteiger partial charge in [-0.05, 0) is 12.1 Å². The Hall–Kier alpha value is -1.09. The van der Waals surface area contributed by atoms with Crippen molar-refractivity contribution in [2.45, 2.75) is 33.0 Å². The van der Waals surface area contributed by atoms with Gasteiger partial charge >= 0.3 is 0 Å². The fourth-order valence-corrected chi connectivity index (χ4v) is 1.41. The molecule has 1 aliphatic heterocycles. The molecule has 2 heterocycles. The molecule has 0 bridgehead atoms. The van der Waals surface area contributed by atoms with Crippen LogP contribution in [0.2, 0.25) is 0 Å². The minimum absolute atomic E-state index is 0.138. The van der Waals surface area contributed by atoms with E-state index >= 15 is 0 Å². The second-order valence-corrected chi connectivity index (χ2v) is 4.61. The highest BCUT2D eigenvalue weighted by molar-refractivity contribution is 5.90. The van der Waals surface area contributed by atoms with E-state index in [-0.39, 0.29) is 23.4 Å². The van der Waals surface area contributed by atoms with Crippen LogP contribution in [0.3, 0.4) is 0 Å². The third-order valence-electron chi connectivity index (χ3n) is 2.31. The normalized spacial score (nSPS) is 26.2. The summed E-state index contributed by atoms with van der Waals surface area (Å²) in [5.41, 5.74) is -0.341. The topological polar surface area (TPSA) is 42.7 Å². The van der Waals surface area contributed by atoms with E-state index in [0.29, 0.717) is 0 Å². The number of Topliss-reactive ketones (excluding diaryl/α,β-unsaturated/α-hetero) is 1. The molecular formula is C11H14O3. The highest BCUT2D eigenvalue weighted by atomic mass is 16.6. The molecule has 2 atom stereocenters. The molecule has 1 aromatic rings. The van der Waals surface area contributed by atoms with Crippen molar-refractivity contribution >= 4 is 5.78 Å². The van der Waals surface area contributed by atoms with Crippen LogP contribution in [0.4, 0.5) is 0 Å². The van der Waals surface area contributed by atoms with Crippen molar-refractivity contribution in [3.63, 3.8) is 0 Å². The monoisotopic (exact) mass is 194 g/mol. The molecule has 0 aliphatic carbocycles. The SMILES string of the molecule is CC(C)(C)C(=O)[C@@H]1O[C@@H]1c1ccco1. The smallest absolute Gasteiger partial charge is 0.170 e. The molecule has 1 aromatic heterocycles. The molecule has 14 heavy (non-hydrogen) atoms. The Morgan fingerprint density at radius 1 is 1.43 bits per heavy atom. The van der Waals surface area contributed by atoms with Gasteiger partial charge in [0, 0.05) is 5.41 Å². The van der Waals surface area contributed by atoms with Crippen LogP contribution in [0.1, 0.15) is 32.6 Å². The maximum atomic E-state index is 11.8. The number of ether oxygens (including phenoxy) is 1.